The summed E-state index contributed by atoms with van der Waals surface area (Å²) in [6.07, 6.45) is 1.44. The highest BCUT2D eigenvalue weighted by Gasteiger charge is 2.25. The van der Waals surface area contributed by atoms with Crippen LogP contribution in [0.5, 0.6) is 11.5 Å². The molecule has 0 fully saturated rings. The van der Waals surface area contributed by atoms with Crippen molar-refractivity contribution in [2.24, 2.45) is 7.05 Å². The van der Waals surface area contributed by atoms with Crippen LogP contribution < -0.4 is 15.6 Å². The predicted octanol–water partition coefficient (Wildman–Crippen LogP) is 3.95. The van der Waals surface area contributed by atoms with E-state index >= 15 is 0 Å². The molecule has 0 bridgehead atoms. The number of hydrogen-bond acceptors (Lipinski definition) is 5. The van der Waals surface area contributed by atoms with Crippen molar-refractivity contribution in [1.82, 2.24) is 14.5 Å². The standard InChI is InChI=1S/C19H19F3N4O2/c1-10(19(2,3)22)24-18-23-9-11-7-15(17(27)26(4)16(11)25-18)28-14-6-5-12(20)8-13(14)21/h5-10H,1-4H3,(H,23,24,25). The third-order valence-electron chi connectivity index (χ3n) is 4.40. The summed E-state index contributed by atoms with van der Waals surface area (Å²) in [5.41, 5.74) is -1.78. The zero-order valence-corrected chi connectivity index (χ0v) is 15.8. The molecule has 148 valence electrons. The third-order valence-corrected chi connectivity index (χ3v) is 4.40. The SMILES string of the molecule is CC(Nc1ncc2cc(Oc3ccc(F)cc3F)c(=O)n(C)c2n1)C(C)(C)F. The number of ether oxygens (including phenoxy) is 1. The van der Waals surface area contributed by atoms with E-state index in [0.717, 1.165) is 12.1 Å². The number of alkyl halides is 1. The summed E-state index contributed by atoms with van der Waals surface area (Å²) in [5, 5.41) is 3.31. The van der Waals surface area contributed by atoms with Crippen LogP contribution in [-0.4, -0.2) is 26.2 Å². The van der Waals surface area contributed by atoms with Gasteiger partial charge in [-0.2, -0.15) is 4.98 Å². The van der Waals surface area contributed by atoms with E-state index in [0.29, 0.717) is 17.1 Å². The maximum absolute atomic E-state index is 14.0. The summed E-state index contributed by atoms with van der Waals surface area (Å²) >= 11 is 0. The third kappa shape index (κ3) is 3.92. The summed E-state index contributed by atoms with van der Waals surface area (Å²) < 4.78 is 47.4. The minimum Gasteiger partial charge on any atom is -0.448 e. The molecule has 3 aromatic rings. The van der Waals surface area contributed by atoms with Gasteiger partial charge in [0.05, 0.1) is 6.04 Å². The molecule has 0 saturated heterocycles. The Morgan fingerprint density at radius 3 is 2.57 bits per heavy atom. The summed E-state index contributed by atoms with van der Waals surface area (Å²) in [7, 11) is 1.47. The van der Waals surface area contributed by atoms with Gasteiger partial charge in [-0.1, -0.05) is 0 Å². The monoisotopic (exact) mass is 392 g/mol. The van der Waals surface area contributed by atoms with Gasteiger partial charge in [0, 0.05) is 24.7 Å². The number of nitrogens with zero attached hydrogens (tertiary/aromatic N) is 3. The Morgan fingerprint density at radius 1 is 1.21 bits per heavy atom. The Hall–Kier alpha value is -3.10. The number of hydrogen-bond donors (Lipinski definition) is 1. The first-order valence-corrected chi connectivity index (χ1v) is 8.51. The number of halogens is 3. The molecule has 2 heterocycles. The topological polar surface area (TPSA) is 69.0 Å². The smallest absolute Gasteiger partial charge is 0.294 e. The van der Waals surface area contributed by atoms with Crippen molar-refractivity contribution in [3.8, 4) is 11.5 Å². The van der Waals surface area contributed by atoms with Crippen LogP contribution in [0.3, 0.4) is 0 Å². The largest absolute Gasteiger partial charge is 0.448 e. The van der Waals surface area contributed by atoms with Gasteiger partial charge in [-0.15, -0.1) is 0 Å². The van der Waals surface area contributed by atoms with Crippen molar-refractivity contribution >= 4 is 17.0 Å². The Balaban J connectivity index is 1.99. The number of aromatic nitrogens is 3. The van der Waals surface area contributed by atoms with Gasteiger partial charge in [-0.25, -0.2) is 18.2 Å². The second-order valence-corrected chi connectivity index (χ2v) is 6.95. The van der Waals surface area contributed by atoms with E-state index in [1.807, 2.05) is 0 Å². The molecule has 0 aliphatic rings. The lowest BCUT2D eigenvalue weighted by Crippen LogP contribution is -2.36. The van der Waals surface area contributed by atoms with Gasteiger partial charge < -0.3 is 10.1 Å². The molecule has 0 spiro atoms. The van der Waals surface area contributed by atoms with Gasteiger partial charge in [-0.05, 0) is 39.0 Å². The molecule has 28 heavy (non-hydrogen) atoms. The normalized spacial score (nSPS) is 12.8. The molecular weight excluding hydrogens is 373 g/mol. The zero-order chi connectivity index (χ0) is 20.6. The molecule has 9 heteroatoms. The van der Waals surface area contributed by atoms with Crippen LogP contribution in [0.15, 0.2) is 35.3 Å². The molecule has 1 atom stereocenters. The maximum atomic E-state index is 14.0. The quantitative estimate of drug-likeness (QED) is 0.712. The molecule has 0 aliphatic carbocycles. The first kappa shape index (κ1) is 19.7. The molecule has 6 nitrogen and oxygen atoms in total. The maximum Gasteiger partial charge on any atom is 0.294 e. The van der Waals surface area contributed by atoms with E-state index in [2.05, 4.69) is 15.3 Å². The van der Waals surface area contributed by atoms with Crippen molar-refractivity contribution in [2.75, 3.05) is 5.32 Å². The number of aryl methyl sites for hydroxylation is 1. The molecular formula is C19H19F3N4O2. The molecule has 0 aliphatic heterocycles. The highest BCUT2D eigenvalue weighted by atomic mass is 19.1. The minimum atomic E-state index is -1.50. The molecule has 1 N–H and O–H groups in total. The fraction of sp³-hybridized carbons (Fsp3) is 0.316. The van der Waals surface area contributed by atoms with E-state index in [-0.39, 0.29) is 17.4 Å². The van der Waals surface area contributed by atoms with E-state index < -0.39 is 28.9 Å². The second kappa shape index (κ2) is 7.14. The van der Waals surface area contributed by atoms with Gasteiger partial charge in [0.15, 0.2) is 17.3 Å². The van der Waals surface area contributed by atoms with Gasteiger partial charge in [-0.3, -0.25) is 9.36 Å². The van der Waals surface area contributed by atoms with Crippen LogP contribution in [0.1, 0.15) is 20.8 Å². The number of rotatable bonds is 5. The minimum absolute atomic E-state index is 0.164. The highest BCUT2D eigenvalue weighted by Crippen LogP contribution is 2.25. The van der Waals surface area contributed by atoms with E-state index in [4.69, 9.17) is 4.74 Å². The van der Waals surface area contributed by atoms with Crippen molar-refractivity contribution in [3.05, 3.63) is 52.5 Å². The van der Waals surface area contributed by atoms with Crippen LogP contribution >= 0.6 is 0 Å². The Labute approximate surface area is 159 Å². The van der Waals surface area contributed by atoms with Crippen molar-refractivity contribution < 1.29 is 17.9 Å². The molecule has 1 aromatic carbocycles. The lowest BCUT2D eigenvalue weighted by atomic mass is 10.0. The Kier molecular flexibility index (Phi) is 5.01. The number of anilines is 1. The molecule has 0 amide bonds. The summed E-state index contributed by atoms with van der Waals surface area (Å²) in [6.45, 7) is 4.51. The molecule has 0 saturated carbocycles. The van der Waals surface area contributed by atoms with E-state index in [1.54, 1.807) is 6.92 Å². The first-order valence-electron chi connectivity index (χ1n) is 8.51. The zero-order valence-electron chi connectivity index (χ0n) is 15.8. The Morgan fingerprint density at radius 2 is 1.93 bits per heavy atom. The second-order valence-electron chi connectivity index (χ2n) is 6.95. The van der Waals surface area contributed by atoms with Crippen LogP contribution in [0, 0.1) is 11.6 Å². The van der Waals surface area contributed by atoms with Gasteiger partial charge in [0.25, 0.3) is 5.56 Å². The van der Waals surface area contributed by atoms with Gasteiger partial charge >= 0.3 is 0 Å². The first-order chi connectivity index (χ1) is 13.1. The Bertz CT molecular complexity index is 1090. The molecule has 1 unspecified atom stereocenters. The fourth-order valence-electron chi connectivity index (χ4n) is 2.40. The lowest BCUT2D eigenvalue weighted by Gasteiger charge is -2.24. The summed E-state index contributed by atoms with van der Waals surface area (Å²) in [5.74, 6) is -1.96. The van der Waals surface area contributed by atoms with E-state index in [1.165, 1.54) is 37.7 Å². The van der Waals surface area contributed by atoms with Crippen molar-refractivity contribution in [1.29, 1.82) is 0 Å². The van der Waals surface area contributed by atoms with Crippen molar-refractivity contribution in [2.45, 2.75) is 32.5 Å². The number of benzene rings is 1. The number of nitrogens with one attached hydrogen (secondary N) is 1. The van der Waals surface area contributed by atoms with Crippen LogP contribution in [0.25, 0.3) is 11.0 Å². The molecule has 0 radical (unpaired) electrons. The van der Waals surface area contributed by atoms with Crippen LogP contribution in [0.4, 0.5) is 19.1 Å². The highest BCUT2D eigenvalue weighted by molar-refractivity contribution is 5.76. The van der Waals surface area contributed by atoms with Crippen molar-refractivity contribution in [3.63, 3.8) is 0 Å². The average Bonchev–Trinajstić information content (AvgIpc) is 2.61. The summed E-state index contributed by atoms with van der Waals surface area (Å²) in [6, 6.07) is 3.59. The van der Waals surface area contributed by atoms with Gasteiger partial charge in [0.1, 0.15) is 17.1 Å². The predicted molar refractivity (Wildman–Crippen MR) is 99.5 cm³/mol. The summed E-state index contributed by atoms with van der Waals surface area (Å²) in [4.78, 5) is 20.9. The fourth-order valence-corrected chi connectivity index (χ4v) is 2.40. The van der Waals surface area contributed by atoms with Crippen LogP contribution in [0.2, 0.25) is 0 Å². The molecule has 3 rings (SSSR count). The number of pyridine rings is 1. The van der Waals surface area contributed by atoms with Gasteiger partial charge in [0.2, 0.25) is 5.95 Å². The number of fused-ring (bicyclic) bond motifs is 1. The lowest BCUT2D eigenvalue weighted by molar-refractivity contribution is 0.192. The average molecular weight is 392 g/mol. The van der Waals surface area contributed by atoms with Crippen LogP contribution in [-0.2, 0) is 7.05 Å². The van der Waals surface area contributed by atoms with E-state index in [9.17, 15) is 18.0 Å². The molecule has 2 aromatic heterocycles.